The molecule has 8 nitrogen and oxygen atoms in total. The number of aliphatic carboxylic acids is 1. The van der Waals surface area contributed by atoms with Gasteiger partial charge in [0.05, 0.1) is 5.92 Å². The summed E-state index contributed by atoms with van der Waals surface area (Å²) in [7, 11) is 0. The molecule has 0 saturated carbocycles. The molecular formula is C10H14N4O4. The number of rotatable bonds is 4. The van der Waals surface area contributed by atoms with Gasteiger partial charge in [0, 0.05) is 26.1 Å². The second kappa shape index (κ2) is 5.03. The van der Waals surface area contributed by atoms with Gasteiger partial charge in [0.1, 0.15) is 0 Å². The highest BCUT2D eigenvalue weighted by Crippen LogP contribution is 2.15. The summed E-state index contributed by atoms with van der Waals surface area (Å²) >= 11 is 0. The van der Waals surface area contributed by atoms with Crippen LogP contribution in [0.1, 0.15) is 11.7 Å². The molecule has 1 aromatic heterocycles. The molecule has 18 heavy (non-hydrogen) atoms. The molecule has 1 saturated heterocycles. The zero-order valence-electron chi connectivity index (χ0n) is 9.92. The Kier molecular flexibility index (Phi) is 3.45. The van der Waals surface area contributed by atoms with Gasteiger partial charge in [-0.25, -0.2) is 4.79 Å². The summed E-state index contributed by atoms with van der Waals surface area (Å²) in [6, 6.07) is -0.260. The van der Waals surface area contributed by atoms with E-state index in [4.69, 9.17) is 9.63 Å². The first kappa shape index (κ1) is 12.3. The van der Waals surface area contributed by atoms with E-state index >= 15 is 0 Å². The molecule has 0 unspecified atom stereocenters. The third kappa shape index (κ3) is 2.76. The van der Waals surface area contributed by atoms with E-state index < -0.39 is 11.9 Å². The first-order chi connectivity index (χ1) is 8.56. The van der Waals surface area contributed by atoms with Crippen molar-refractivity contribution in [2.24, 2.45) is 5.92 Å². The van der Waals surface area contributed by atoms with Gasteiger partial charge in [0.2, 0.25) is 5.89 Å². The molecule has 1 aromatic rings. The molecule has 1 aliphatic heterocycles. The summed E-state index contributed by atoms with van der Waals surface area (Å²) in [6.45, 7) is 2.63. The van der Waals surface area contributed by atoms with Gasteiger partial charge in [0.25, 0.3) is 0 Å². The maximum atomic E-state index is 11.5. The highest BCUT2D eigenvalue weighted by molar-refractivity contribution is 5.79. The van der Waals surface area contributed by atoms with E-state index in [0.717, 1.165) is 0 Å². The molecule has 0 bridgehead atoms. The number of hydrogen-bond acceptors (Lipinski definition) is 5. The lowest BCUT2D eigenvalue weighted by molar-refractivity contribution is -0.146. The second-order valence-corrected chi connectivity index (χ2v) is 4.16. The summed E-state index contributed by atoms with van der Waals surface area (Å²) in [6.07, 6.45) is 0.461. The normalized spacial score (nSPS) is 15.3. The number of urea groups is 1. The highest BCUT2D eigenvalue weighted by Gasteiger charge is 2.35. The van der Waals surface area contributed by atoms with E-state index in [2.05, 4.69) is 15.5 Å². The summed E-state index contributed by atoms with van der Waals surface area (Å²) < 4.78 is 4.89. The SMILES string of the molecule is Cc1noc(CCNC(=O)N2CC(C(=O)O)C2)n1. The van der Waals surface area contributed by atoms with Crippen molar-refractivity contribution in [3.8, 4) is 0 Å². The van der Waals surface area contributed by atoms with E-state index in [1.165, 1.54) is 4.90 Å². The maximum absolute atomic E-state index is 11.5. The van der Waals surface area contributed by atoms with Gasteiger partial charge in [-0.1, -0.05) is 5.16 Å². The van der Waals surface area contributed by atoms with E-state index in [-0.39, 0.29) is 19.1 Å². The average Bonchev–Trinajstić information content (AvgIpc) is 2.61. The van der Waals surface area contributed by atoms with E-state index in [0.29, 0.717) is 24.7 Å². The predicted molar refractivity (Wildman–Crippen MR) is 58.8 cm³/mol. The zero-order valence-corrected chi connectivity index (χ0v) is 9.92. The largest absolute Gasteiger partial charge is 0.481 e. The minimum atomic E-state index is -0.861. The monoisotopic (exact) mass is 254 g/mol. The quantitative estimate of drug-likeness (QED) is 0.760. The van der Waals surface area contributed by atoms with Crippen LogP contribution in [0.25, 0.3) is 0 Å². The number of aryl methyl sites for hydroxylation is 1. The van der Waals surface area contributed by atoms with Gasteiger partial charge >= 0.3 is 12.0 Å². The molecule has 0 spiro atoms. The fraction of sp³-hybridized carbons (Fsp3) is 0.600. The number of carbonyl (C=O) groups excluding carboxylic acids is 1. The van der Waals surface area contributed by atoms with Crippen molar-refractivity contribution >= 4 is 12.0 Å². The molecule has 0 aromatic carbocycles. The number of amides is 2. The number of nitrogens with zero attached hydrogens (tertiary/aromatic N) is 3. The molecule has 1 fully saturated rings. The highest BCUT2D eigenvalue weighted by atomic mass is 16.5. The van der Waals surface area contributed by atoms with Crippen molar-refractivity contribution in [1.82, 2.24) is 20.4 Å². The van der Waals surface area contributed by atoms with Crippen molar-refractivity contribution in [3.05, 3.63) is 11.7 Å². The smallest absolute Gasteiger partial charge is 0.317 e. The number of aromatic nitrogens is 2. The van der Waals surface area contributed by atoms with Crippen molar-refractivity contribution < 1.29 is 19.2 Å². The third-order valence-electron chi connectivity index (χ3n) is 2.70. The Bertz CT molecular complexity index is 452. The van der Waals surface area contributed by atoms with Crippen LogP contribution >= 0.6 is 0 Å². The van der Waals surface area contributed by atoms with Gasteiger partial charge in [-0.15, -0.1) is 0 Å². The Labute approximate surface area is 103 Å². The molecule has 8 heteroatoms. The minimum absolute atomic E-state index is 0.260. The molecule has 98 valence electrons. The molecule has 0 radical (unpaired) electrons. The topological polar surface area (TPSA) is 109 Å². The summed E-state index contributed by atoms with van der Waals surface area (Å²) in [5.41, 5.74) is 0. The Morgan fingerprint density at radius 1 is 1.56 bits per heavy atom. The zero-order chi connectivity index (χ0) is 13.1. The van der Waals surface area contributed by atoms with Crippen LogP contribution in [0.3, 0.4) is 0 Å². The Balaban J connectivity index is 1.66. The van der Waals surface area contributed by atoms with Gasteiger partial charge in [-0.05, 0) is 6.92 Å². The number of carboxylic acids is 1. The Morgan fingerprint density at radius 3 is 2.83 bits per heavy atom. The van der Waals surface area contributed by atoms with Crippen LogP contribution in [0, 0.1) is 12.8 Å². The fourth-order valence-electron chi connectivity index (χ4n) is 1.63. The van der Waals surface area contributed by atoms with Crippen molar-refractivity contribution in [3.63, 3.8) is 0 Å². The van der Waals surface area contributed by atoms with Crippen molar-refractivity contribution in [2.75, 3.05) is 19.6 Å². The Morgan fingerprint density at radius 2 is 2.28 bits per heavy atom. The van der Waals surface area contributed by atoms with Crippen LogP contribution < -0.4 is 5.32 Å². The van der Waals surface area contributed by atoms with E-state index in [1.807, 2.05) is 0 Å². The number of nitrogens with one attached hydrogen (secondary N) is 1. The van der Waals surface area contributed by atoms with Crippen molar-refractivity contribution in [1.29, 1.82) is 0 Å². The summed E-state index contributed by atoms with van der Waals surface area (Å²) in [4.78, 5) is 27.6. The fourth-order valence-corrected chi connectivity index (χ4v) is 1.63. The van der Waals surface area contributed by atoms with Crippen LogP contribution in [0.4, 0.5) is 4.79 Å². The number of likely N-dealkylation sites (tertiary alicyclic amines) is 1. The summed E-state index contributed by atoms with van der Waals surface area (Å²) in [5.74, 6) is -0.266. The van der Waals surface area contributed by atoms with Crippen LogP contribution in [0.2, 0.25) is 0 Å². The molecule has 1 aliphatic rings. The van der Waals surface area contributed by atoms with E-state index in [1.54, 1.807) is 6.92 Å². The third-order valence-corrected chi connectivity index (χ3v) is 2.70. The van der Waals surface area contributed by atoms with Crippen molar-refractivity contribution in [2.45, 2.75) is 13.3 Å². The van der Waals surface area contributed by atoms with Crippen LogP contribution in [-0.2, 0) is 11.2 Å². The van der Waals surface area contributed by atoms with Gasteiger partial charge < -0.3 is 19.8 Å². The first-order valence-corrected chi connectivity index (χ1v) is 5.61. The second-order valence-electron chi connectivity index (χ2n) is 4.16. The summed E-state index contributed by atoms with van der Waals surface area (Å²) in [5, 5.41) is 15.0. The number of carbonyl (C=O) groups is 2. The molecule has 2 N–H and O–H groups in total. The lowest BCUT2D eigenvalue weighted by Crippen LogP contribution is -2.56. The number of carboxylic acid groups (broad SMARTS) is 1. The van der Waals surface area contributed by atoms with Crippen LogP contribution in [0.15, 0.2) is 4.52 Å². The molecule has 0 aliphatic carbocycles. The first-order valence-electron chi connectivity index (χ1n) is 5.61. The minimum Gasteiger partial charge on any atom is -0.481 e. The average molecular weight is 254 g/mol. The lowest BCUT2D eigenvalue weighted by Gasteiger charge is -2.36. The maximum Gasteiger partial charge on any atom is 0.317 e. The predicted octanol–water partition coefficient (Wildman–Crippen LogP) is -0.353. The van der Waals surface area contributed by atoms with E-state index in [9.17, 15) is 9.59 Å². The van der Waals surface area contributed by atoms with Gasteiger partial charge in [-0.3, -0.25) is 4.79 Å². The van der Waals surface area contributed by atoms with Crippen LogP contribution in [0.5, 0.6) is 0 Å². The lowest BCUT2D eigenvalue weighted by atomic mass is 10.0. The van der Waals surface area contributed by atoms with Crippen LogP contribution in [-0.4, -0.2) is 51.8 Å². The molecule has 2 rings (SSSR count). The Hall–Kier alpha value is -2.12. The molecule has 2 heterocycles. The number of hydrogen-bond donors (Lipinski definition) is 2. The molecule has 2 amide bonds. The standard InChI is InChI=1S/C10H14N4O4/c1-6-12-8(18-13-6)2-3-11-10(17)14-4-7(5-14)9(15)16/h7H,2-5H2,1H3,(H,11,17)(H,15,16). The van der Waals surface area contributed by atoms with Gasteiger partial charge in [-0.2, -0.15) is 4.98 Å². The van der Waals surface area contributed by atoms with Gasteiger partial charge in [0.15, 0.2) is 5.82 Å². The molecule has 0 atom stereocenters. The molecular weight excluding hydrogens is 240 g/mol.